The number of rotatable bonds is 3. The van der Waals surface area contributed by atoms with Crippen LogP contribution < -0.4 is 0 Å². The molecule has 2 atom stereocenters. The van der Waals surface area contributed by atoms with Crippen molar-refractivity contribution in [3.8, 4) is 0 Å². The van der Waals surface area contributed by atoms with Crippen molar-refractivity contribution in [2.75, 3.05) is 6.61 Å². The van der Waals surface area contributed by atoms with Crippen LogP contribution in [0.1, 0.15) is 30.0 Å². The first kappa shape index (κ1) is 9.65. The molecule has 76 valence electrons. The molecule has 3 nitrogen and oxygen atoms in total. The molecule has 1 aromatic rings. The van der Waals surface area contributed by atoms with Crippen LogP contribution in [0, 0.1) is 12.8 Å². The molecule has 2 unspecified atom stereocenters. The highest BCUT2D eigenvalue weighted by Gasteiger charge is 2.46. The molecule has 0 radical (unpaired) electrons. The smallest absolute Gasteiger partial charge is 0.309 e. The van der Waals surface area contributed by atoms with Crippen molar-refractivity contribution in [3.05, 3.63) is 16.1 Å². The van der Waals surface area contributed by atoms with Crippen molar-refractivity contribution in [3.63, 3.8) is 0 Å². The van der Waals surface area contributed by atoms with E-state index >= 15 is 0 Å². The molecular weight excluding hydrogens is 198 g/mol. The van der Waals surface area contributed by atoms with Crippen molar-refractivity contribution in [1.82, 2.24) is 4.98 Å². The van der Waals surface area contributed by atoms with E-state index < -0.39 is 0 Å². The van der Waals surface area contributed by atoms with Gasteiger partial charge in [0.2, 0.25) is 0 Å². The molecule has 1 heterocycles. The van der Waals surface area contributed by atoms with Gasteiger partial charge in [-0.05, 0) is 20.3 Å². The zero-order chi connectivity index (χ0) is 10.1. The summed E-state index contributed by atoms with van der Waals surface area (Å²) in [5.74, 6) is 0.318. The van der Waals surface area contributed by atoms with E-state index in [1.165, 1.54) is 0 Å². The maximum absolute atomic E-state index is 11.3. The number of hydrogen-bond acceptors (Lipinski definition) is 4. The fourth-order valence-electron chi connectivity index (χ4n) is 1.58. The third-order valence-corrected chi connectivity index (χ3v) is 3.19. The molecule has 1 fully saturated rings. The second-order valence-electron chi connectivity index (χ2n) is 3.49. The van der Waals surface area contributed by atoms with Crippen LogP contribution in [0.4, 0.5) is 0 Å². The molecule has 0 spiro atoms. The average molecular weight is 211 g/mol. The number of ether oxygens (including phenoxy) is 1. The number of carbonyl (C=O) groups is 1. The zero-order valence-corrected chi connectivity index (χ0v) is 9.13. The van der Waals surface area contributed by atoms with Gasteiger partial charge in [-0.2, -0.15) is 0 Å². The first-order chi connectivity index (χ1) is 6.72. The second-order valence-corrected chi connectivity index (χ2v) is 4.55. The number of esters is 1. The van der Waals surface area contributed by atoms with Crippen LogP contribution in [0.3, 0.4) is 0 Å². The van der Waals surface area contributed by atoms with Crippen molar-refractivity contribution in [2.45, 2.75) is 26.2 Å². The van der Waals surface area contributed by atoms with E-state index in [0.29, 0.717) is 12.5 Å². The number of hydrogen-bond donors (Lipinski definition) is 0. The Labute approximate surface area is 87.1 Å². The van der Waals surface area contributed by atoms with Crippen LogP contribution >= 0.6 is 11.3 Å². The molecule has 14 heavy (non-hydrogen) atoms. The lowest BCUT2D eigenvalue weighted by Crippen LogP contribution is -2.07. The van der Waals surface area contributed by atoms with Crippen LogP contribution in [0.15, 0.2) is 5.38 Å². The van der Waals surface area contributed by atoms with Gasteiger partial charge in [0.05, 0.1) is 23.2 Å². The predicted octanol–water partition coefficient (Wildman–Crippen LogP) is 2.12. The quantitative estimate of drug-likeness (QED) is 0.719. The lowest BCUT2D eigenvalue weighted by Gasteiger charge is -1.98. The highest BCUT2D eigenvalue weighted by molar-refractivity contribution is 7.09. The summed E-state index contributed by atoms with van der Waals surface area (Å²) < 4.78 is 4.96. The second kappa shape index (κ2) is 3.69. The van der Waals surface area contributed by atoms with Crippen LogP contribution in [0.25, 0.3) is 0 Å². The SMILES string of the molecule is CCOC(=O)C1CC1c1csc(C)n1. The van der Waals surface area contributed by atoms with Gasteiger partial charge >= 0.3 is 5.97 Å². The Morgan fingerprint density at radius 1 is 1.79 bits per heavy atom. The molecule has 0 aliphatic heterocycles. The lowest BCUT2D eigenvalue weighted by atomic mass is 10.2. The zero-order valence-electron chi connectivity index (χ0n) is 8.32. The van der Waals surface area contributed by atoms with E-state index in [2.05, 4.69) is 4.98 Å². The molecular formula is C10H13NO2S. The van der Waals surface area contributed by atoms with Gasteiger partial charge in [-0.15, -0.1) is 11.3 Å². The standard InChI is InChI=1S/C10H13NO2S/c1-3-13-10(12)8-4-7(8)9-5-14-6(2)11-9/h5,7-8H,3-4H2,1-2H3. The molecule has 1 aliphatic carbocycles. The molecule has 1 aliphatic rings. The average Bonchev–Trinajstić information content (AvgIpc) is 2.84. The third kappa shape index (κ3) is 1.80. The van der Waals surface area contributed by atoms with Gasteiger partial charge < -0.3 is 4.74 Å². The summed E-state index contributed by atoms with van der Waals surface area (Å²) in [7, 11) is 0. The van der Waals surface area contributed by atoms with Gasteiger partial charge in [-0.25, -0.2) is 4.98 Å². The third-order valence-electron chi connectivity index (χ3n) is 2.40. The molecule has 0 saturated heterocycles. The minimum atomic E-state index is -0.0665. The van der Waals surface area contributed by atoms with Crippen molar-refractivity contribution >= 4 is 17.3 Å². The van der Waals surface area contributed by atoms with Crippen molar-refractivity contribution < 1.29 is 9.53 Å². The Morgan fingerprint density at radius 3 is 3.14 bits per heavy atom. The Kier molecular flexibility index (Phi) is 2.54. The Morgan fingerprint density at radius 2 is 2.57 bits per heavy atom. The topological polar surface area (TPSA) is 39.2 Å². The molecule has 4 heteroatoms. The van der Waals surface area contributed by atoms with E-state index in [0.717, 1.165) is 17.1 Å². The molecule has 1 saturated carbocycles. The van der Waals surface area contributed by atoms with Gasteiger partial charge in [0.15, 0.2) is 0 Å². The fraction of sp³-hybridized carbons (Fsp3) is 0.600. The lowest BCUT2D eigenvalue weighted by molar-refractivity contribution is -0.144. The Bertz CT molecular complexity index is 348. The number of aryl methyl sites for hydroxylation is 1. The maximum atomic E-state index is 11.3. The Balaban J connectivity index is 1.96. The number of nitrogens with zero attached hydrogens (tertiary/aromatic N) is 1. The molecule has 0 N–H and O–H groups in total. The first-order valence-electron chi connectivity index (χ1n) is 4.81. The van der Waals surface area contributed by atoms with Crippen LogP contribution in [-0.4, -0.2) is 17.6 Å². The predicted molar refractivity (Wildman–Crippen MR) is 54.3 cm³/mol. The maximum Gasteiger partial charge on any atom is 0.309 e. The highest BCUT2D eigenvalue weighted by Crippen LogP contribution is 2.48. The number of aromatic nitrogens is 1. The van der Waals surface area contributed by atoms with Gasteiger partial charge in [0, 0.05) is 11.3 Å². The summed E-state index contributed by atoms with van der Waals surface area (Å²) in [5.41, 5.74) is 1.06. The summed E-state index contributed by atoms with van der Waals surface area (Å²) in [5, 5.41) is 3.11. The minimum absolute atomic E-state index is 0.0662. The van der Waals surface area contributed by atoms with Gasteiger partial charge in [-0.1, -0.05) is 0 Å². The largest absolute Gasteiger partial charge is 0.466 e. The summed E-state index contributed by atoms with van der Waals surface area (Å²) >= 11 is 1.64. The minimum Gasteiger partial charge on any atom is -0.466 e. The molecule has 0 aromatic carbocycles. The number of carbonyl (C=O) groups excluding carboxylic acids is 1. The van der Waals surface area contributed by atoms with Crippen molar-refractivity contribution in [2.24, 2.45) is 5.92 Å². The Hall–Kier alpha value is -0.900. The van der Waals surface area contributed by atoms with E-state index in [1.54, 1.807) is 11.3 Å². The van der Waals surface area contributed by atoms with E-state index in [-0.39, 0.29) is 11.9 Å². The monoisotopic (exact) mass is 211 g/mol. The van der Waals surface area contributed by atoms with Gasteiger partial charge in [0.25, 0.3) is 0 Å². The van der Waals surface area contributed by atoms with Crippen LogP contribution in [-0.2, 0) is 9.53 Å². The first-order valence-corrected chi connectivity index (χ1v) is 5.69. The van der Waals surface area contributed by atoms with E-state index in [1.807, 2.05) is 19.2 Å². The molecule has 2 rings (SSSR count). The van der Waals surface area contributed by atoms with E-state index in [9.17, 15) is 4.79 Å². The van der Waals surface area contributed by atoms with Crippen LogP contribution in [0.5, 0.6) is 0 Å². The highest BCUT2D eigenvalue weighted by atomic mass is 32.1. The molecule has 1 aromatic heterocycles. The van der Waals surface area contributed by atoms with E-state index in [4.69, 9.17) is 4.74 Å². The van der Waals surface area contributed by atoms with Crippen LogP contribution in [0.2, 0.25) is 0 Å². The molecule has 0 bridgehead atoms. The summed E-state index contributed by atoms with van der Waals surface area (Å²) in [4.78, 5) is 15.7. The summed E-state index contributed by atoms with van der Waals surface area (Å²) in [6.45, 7) is 4.29. The fourth-order valence-corrected chi connectivity index (χ4v) is 2.26. The number of thiazole rings is 1. The summed E-state index contributed by atoms with van der Waals surface area (Å²) in [6, 6.07) is 0. The summed E-state index contributed by atoms with van der Waals surface area (Å²) in [6.07, 6.45) is 0.905. The van der Waals surface area contributed by atoms with Crippen molar-refractivity contribution in [1.29, 1.82) is 0 Å². The normalized spacial score (nSPS) is 24.7. The molecule has 0 amide bonds. The van der Waals surface area contributed by atoms with Gasteiger partial charge in [-0.3, -0.25) is 4.79 Å². The van der Waals surface area contributed by atoms with Gasteiger partial charge in [0.1, 0.15) is 0 Å².